The molecule has 0 unspecified atom stereocenters. The molecule has 0 radical (unpaired) electrons. The molecular weight excluding hydrogens is 408 g/mol. The summed E-state index contributed by atoms with van der Waals surface area (Å²) in [5, 5.41) is 1.26. The molecule has 0 atom stereocenters. The van der Waals surface area contributed by atoms with E-state index in [0.29, 0.717) is 10.7 Å². The van der Waals surface area contributed by atoms with Crippen LogP contribution >= 0.6 is 39.0 Å². The molecule has 3 aromatic rings. The minimum Gasteiger partial charge on any atom is -0.301 e. The summed E-state index contributed by atoms with van der Waals surface area (Å²) in [4.78, 5) is 34.1. The largest absolute Gasteiger partial charge is 0.301 e. The van der Waals surface area contributed by atoms with Gasteiger partial charge in [0, 0.05) is 14.9 Å². The summed E-state index contributed by atoms with van der Waals surface area (Å²) in [7, 11) is 0. The van der Waals surface area contributed by atoms with Crippen molar-refractivity contribution >= 4 is 55.0 Å². The molecule has 0 aliphatic heterocycles. The molecule has 4 nitrogen and oxygen atoms in total. The van der Waals surface area contributed by atoms with Gasteiger partial charge in [0.1, 0.15) is 4.83 Å². The Hall–Kier alpha value is -1.44. The SMILES string of the molecule is O=C(CSc1nc2sc3c(c2c(=O)[nH]1)CCC3)c1ccc(Br)cc1. The molecule has 0 amide bonds. The van der Waals surface area contributed by atoms with E-state index in [1.54, 1.807) is 23.5 Å². The van der Waals surface area contributed by atoms with E-state index in [1.165, 1.54) is 22.2 Å². The number of aromatic amines is 1. The highest BCUT2D eigenvalue weighted by Gasteiger charge is 2.21. The van der Waals surface area contributed by atoms with E-state index < -0.39 is 0 Å². The number of H-pyrrole nitrogens is 1. The highest BCUT2D eigenvalue weighted by atomic mass is 79.9. The zero-order chi connectivity index (χ0) is 16.7. The van der Waals surface area contributed by atoms with Crippen LogP contribution in [0.1, 0.15) is 27.2 Å². The molecule has 1 aliphatic rings. The number of nitrogens with zero attached hydrogens (tertiary/aromatic N) is 1. The number of hydrogen-bond acceptors (Lipinski definition) is 5. The first-order valence-electron chi connectivity index (χ1n) is 7.58. The van der Waals surface area contributed by atoms with E-state index in [0.717, 1.165) is 34.0 Å². The number of thiophene rings is 1. The third-order valence-corrected chi connectivity index (χ3v) is 6.65. The van der Waals surface area contributed by atoms with Crippen molar-refractivity contribution in [2.24, 2.45) is 0 Å². The van der Waals surface area contributed by atoms with Gasteiger partial charge in [0.15, 0.2) is 10.9 Å². The van der Waals surface area contributed by atoms with Gasteiger partial charge in [0.25, 0.3) is 5.56 Å². The predicted octanol–water partition coefficient (Wildman–Crippen LogP) is 4.21. The van der Waals surface area contributed by atoms with Gasteiger partial charge in [-0.1, -0.05) is 39.8 Å². The van der Waals surface area contributed by atoms with E-state index >= 15 is 0 Å². The summed E-state index contributed by atoms with van der Waals surface area (Å²) in [5.41, 5.74) is 1.74. The summed E-state index contributed by atoms with van der Waals surface area (Å²) in [6.45, 7) is 0. The van der Waals surface area contributed by atoms with Crippen LogP contribution in [-0.2, 0) is 12.8 Å². The molecule has 4 rings (SSSR count). The lowest BCUT2D eigenvalue weighted by molar-refractivity contribution is 0.102. The number of benzene rings is 1. The molecule has 2 heterocycles. The number of halogens is 1. The van der Waals surface area contributed by atoms with Gasteiger partial charge in [-0.15, -0.1) is 11.3 Å². The molecule has 2 aromatic heterocycles. The van der Waals surface area contributed by atoms with Crippen molar-refractivity contribution in [1.82, 2.24) is 9.97 Å². The average Bonchev–Trinajstić information content (AvgIpc) is 3.13. The van der Waals surface area contributed by atoms with E-state index in [4.69, 9.17) is 0 Å². The van der Waals surface area contributed by atoms with Crippen molar-refractivity contribution in [2.45, 2.75) is 24.4 Å². The first-order valence-corrected chi connectivity index (χ1v) is 10.2. The van der Waals surface area contributed by atoms with Gasteiger partial charge in [-0.05, 0) is 37.0 Å². The number of aryl methyl sites for hydroxylation is 2. The number of fused-ring (bicyclic) bond motifs is 3. The summed E-state index contributed by atoms with van der Waals surface area (Å²) in [6, 6.07) is 7.26. The second-order valence-corrected chi connectivity index (χ2v) is 8.59. The Kier molecular flexibility index (Phi) is 4.32. The number of nitrogens with one attached hydrogen (secondary N) is 1. The number of thioether (sulfide) groups is 1. The van der Waals surface area contributed by atoms with Crippen molar-refractivity contribution in [2.75, 3.05) is 5.75 Å². The average molecular weight is 421 g/mol. The zero-order valence-corrected chi connectivity index (χ0v) is 15.8. The van der Waals surface area contributed by atoms with Crippen LogP contribution in [0.4, 0.5) is 0 Å². The smallest absolute Gasteiger partial charge is 0.260 e. The second kappa shape index (κ2) is 6.46. The maximum absolute atomic E-state index is 12.4. The van der Waals surface area contributed by atoms with Crippen LogP contribution < -0.4 is 5.56 Å². The number of carbonyl (C=O) groups excluding carboxylic acids is 1. The van der Waals surface area contributed by atoms with Gasteiger partial charge in [0.2, 0.25) is 0 Å². The van der Waals surface area contributed by atoms with E-state index in [9.17, 15) is 9.59 Å². The molecule has 0 spiro atoms. The van der Waals surface area contributed by atoms with Crippen LogP contribution in [-0.4, -0.2) is 21.5 Å². The molecule has 0 saturated carbocycles. The Morgan fingerprint density at radius 1 is 1.29 bits per heavy atom. The van der Waals surface area contributed by atoms with Crippen LogP contribution in [0.25, 0.3) is 10.2 Å². The van der Waals surface area contributed by atoms with Crippen LogP contribution in [0.5, 0.6) is 0 Å². The van der Waals surface area contributed by atoms with Crippen LogP contribution in [0.2, 0.25) is 0 Å². The molecule has 24 heavy (non-hydrogen) atoms. The fourth-order valence-electron chi connectivity index (χ4n) is 2.90. The summed E-state index contributed by atoms with van der Waals surface area (Å²) < 4.78 is 0.939. The molecule has 0 fully saturated rings. The maximum atomic E-state index is 12.4. The van der Waals surface area contributed by atoms with Crippen molar-refractivity contribution in [3.63, 3.8) is 0 Å². The second-order valence-electron chi connectivity index (χ2n) is 5.63. The standard InChI is InChI=1S/C17H13BrN2O2S2/c18-10-6-4-9(5-7-10)12(21)8-23-17-19-15(22)14-11-2-1-3-13(11)24-16(14)20-17/h4-7H,1-3,8H2,(H,19,20,22). The molecule has 1 aromatic carbocycles. The number of Topliss-reactive ketones (excluding diaryl/α,β-unsaturated/α-hetero) is 1. The van der Waals surface area contributed by atoms with Crippen molar-refractivity contribution in [1.29, 1.82) is 0 Å². The Balaban J connectivity index is 1.56. The molecule has 0 bridgehead atoms. The van der Waals surface area contributed by atoms with Gasteiger partial charge in [-0.25, -0.2) is 4.98 Å². The molecule has 7 heteroatoms. The Morgan fingerprint density at radius 3 is 2.88 bits per heavy atom. The summed E-state index contributed by atoms with van der Waals surface area (Å²) in [5.74, 6) is 0.269. The summed E-state index contributed by atoms with van der Waals surface area (Å²) >= 11 is 6.24. The van der Waals surface area contributed by atoms with Gasteiger partial charge >= 0.3 is 0 Å². The number of carbonyl (C=O) groups is 1. The van der Waals surface area contributed by atoms with Crippen molar-refractivity contribution in [3.8, 4) is 0 Å². The number of ketones is 1. The monoisotopic (exact) mass is 420 g/mol. The molecule has 1 N–H and O–H groups in total. The first-order chi connectivity index (χ1) is 11.6. The zero-order valence-electron chi connectivity index (χ0n) is 12.6. The lowest BCUT2D eigenvalue weighted by atomic mass is 10.2. The normalized spacial score (nSPS) is 13.4. The molecule has 1 aliphatic carbocycles. The highest BCUT2D eigenvalue weighted by molar-refractivity contribution is 9.10. The van der Waals surface area contributed by atoms with Crippen LogP contribution in [0.3, 0.4) is 0 Å². The van der Waals surface area contributed by atoms with Crippen molar-refractivity contribution < 1.29 is 4.79 Å². The lowest BCUT2D eigenvalue weighted by Gasteiger charge is -2.02. The maximum Gasteiger partial charge on any atom is 0.260 e. The minimum absolute atomic E-state index is 0.0175. The van der Waals surface area contributed by atoms with E-state index in [-0.39, 0.29) is 17.1 Å². The van der Waals surface area contributed by atoms with E-state index in [2.05, 4.69) is 25.9 Å². The van der Waals surface area contributed by atoms with Crippen LogP contribution in [0.15, 0.2) is 38.7 Å². The number of aromatic nitrogens is 2. The first kappa shape index (κ1) is 16.1. The number of rotatable bonds is 4. The number of hydrogen-bond donors (Lipinski definition) is 1. The molecular formula is C17H13BrN2O2S2. The third kappa shape index (κ3) is 2.96. The Labute approximate surface area is 154 Å². The van der Waals surface area contributed by atoms with Crippen LogP contribution in [0, 0.1) is 0 Å². The highest BCUT2D eigenvalue weighted by Crippen LogP contribution is 2.35. The fourth-order valence-corrected chi connectivity index (χ4v) is 5.24. The summed E-state index contributed by atoms with van der Waals surface area (Å²) in [6.07, 6.45) is 3.13. The lowest BCUT2D eigenvalue weighted by Crippen LogP contribution is -2.10. The minimum atomic E-state index is -0.0852. The fraction of sp³-hybridized carbons (Fsp3) is 0.235. The van der Waals surface area contributed by atoms with Gasteiger partial charge in [0.05, 0.1) is 11.1 Å². The van der Waals surface area contributed by atoms with Crippen molar-refractivity contribution in [3.05, 3.63) is 55.1 Å². The van der Waals surface area contributed by atoms with Gasteiger partial charge in [-0.2, -0.15) is 0 Å². The topological polar surface area (TPSA) is 62.8 Å². The predicted molar refractivity (Wildman–Crippen MR) is 101 cm³/mol. The quantitative estimate of drug-likeness (QED) is 0.390. The van der Waals surface area contributed by atoms with E-state index in [1.807, 2.05) is 12.1 Å². The molecule has 122 valence electrons. The Morgan fingerprint density at radius 2 is 2.08 bits per heavy atom. The van der Waals surface area contributed by atoms with Gasteiger partial charge < -0.3 is 4.98 Å². The Bertz CT molecular complexity index is 992. The molecule has 0 saturated heterocycles. The van der Waals surface area contributed by atoms with Gasteiger partial charge in [-0.3, -0.25) is 9.59 Å². The third-order valence-electron chi connectivity index (χ3n) is 4.06.